The lowest BCUT2D eigenvalue weighted by Crippen LogP contribution is -2.14. The van der Waals surface area contributed by atoms with Gasteiger partial charge in [0.25, 0.3) is 5.91 Å². The van der Waals surface area contributed by atoms with Gasteiger partial charge < -0.3 is 15.5 Å². The van der Waals surface area contributed by atoms with Crippen LogP contribution in [0.1, 0.15) is 20.7 Å². The normalized spacial score (nSPS) is 10.2. The molecule has 0 atom stereocenters. The van der Waals surface area contributed by atoms with Crippen molar-refractivity contribution in [1.29, 1.82) is 0 Å². The van der Waals surface area contributed by atoms with Gasteiger partial charge >= 0.3 is 5.97 Å². The van der Waals surface area contributed by atoms with Gasteiger partial charge in [-0.25, -0.2) is 4.79 Å². The van der Waals surface area contributed by atoms with Crippen LogP contribution in [0.5, 0.6) is 5.75 Å². The molecule has 21 heavy (non-hydrogen) atoms. The summed E-state index contributed by atoms with van der Waals surface area (Å²) in [6, 6.07) is 7.93. The van der Waals surface area contributed by atoms with E-state index in [-0.39, 0.29) is 27.6 Å². The summed E-state index contributed by atoms with van der Waals surface area (Å²) in [5, 5.41) is 21.3. The molecule has 0 radical (unpaired) electrons. The molecule has 2 rings (SSSR count). The monoisotopic (exact) mass is 325 g/mol. The number of anilines is 1. The van der Waals surface area contributed by atoms with Gasteiger partial charge in [0.15, 0.2) is 0 Å². The van der Waals surface area contributed by atoms with Crippen molar-refractivity contribution >= 4 is 40.8 Å². The van der Waals surface area contributed by atoms with E-state index in [4.69, 9.17) is 28.3 Å². The van der Waals surface area contributed by atoms with Gasteiger partial charge in [0.1, 0.15) is 5.75 Å². The highest BCUT2D eigenvalue weighted by Gasteiger charge is 2.15. The minimum atomic E-state index is -1.27. The van der Waals surface area contributed by atoms with Crippen LogP contribution in [0.25, 0.3) is 0 Å². The predicted molar refractivity (Wildman–Crippen MR) is 79.5 cm³/mol. The number of carbonyl (C=O) groups is 2. The lowest BCUT2D eigenvalue weighted by Gasteiger charge is -2.09. The van der Waals surface area contributed by atoms with Gasteiger partial charge in [0.2, 0.25) is 0 Å². The number of hydrogen-bond donors (Lipinski definition) is 3. The zero-order valence-corrected chi connectivity index (χ0v) is 11.9. The Hall–Kier alpha value is -2.24. The van der Waals surface area contributed by atoms with Crippen molar-refractivity contribution in [3.05, 3.63) is 57.6 Å². The number of amides is 1. The molecule has 0 aliphatic rings. The van der Waals surface area contributed by atoms with Crippen LogP contribution in [-0.4, -0.2) is 22.1 Å². The summed E-state index contributed by atoms with van der Waals surface area (Å²) in [7, 11) is 0. The second kappa shape index (κ2) is 6.03. The van der Waals surface area contributed by atoms with Crippen molar-refractivity contribution in [2.45, 2.75) is 0 Å². The largest absolute Gasteiger partial charge is 0.508 e. The Morgan fingerprint density at radius 3 is 2.33 bits per heavy atom. The van der Waals surface area contributed by atoms with E-state index in [0.29, 0.717) is 5.02 Å². The van der Waals surface area contributed by atoms with E-state index in [1.54, 1.807) is 0 Å². The van der Waals surface area contributed by atoms with E-state index in [1.165, 1.54) is 30.3 Å². The van der Waals surface area contributed by atoms with E-state index in [2.05, 4.69) is 5.32 Å². The number of phenolic OH excluding ortho intramolecular Hbond substituents is 1. The third-order valence-electron chi connectivity index (χ3n) is 2.66. The Kier molecular flexibility index (Phi) is 4.35. The summed E-state index contributed by atoms with van der Waals surface area (Å²) in [5.41, 5.74) is 0.0774. The molecule has 0 unspecified atom stereocenters. The first kappa shape index (κ1) is 15.2. The van der Waals surface area contributed by atoms with Crippen LogP contribution >= 0.6 is 23.2 Å². The van der Waals surface area contributed by atoms with Crippen molar-refractivity contribution in [1.82, 2.24) is 0 Å². The van der Waals surface area contributed by atoms with Crippen LogP contribution in [0.4, 0.5) is 5.69 Å². The van der Waals surface area contributed by atoms with Crippen LogP contribution in [0, 0.1) is 0 Å². The number of benzene rings is 2. The summed E-state index contributed by atoms with van der Waals surface area (Å²) in [6.45, 7) is 0. The first-order chi connectivity index (χ1) is 9.88. The molecule has 0 aliphatic carbocycles. The van der Waals surface area contributed by atoms with Gasteiger partial charge in [-0.1, -0.05) is 23.2 Å². The Bertz CT molecular complexity index is 731. The Labute approximate surface area is 129 Å². The maximum absolute atomic E-state index is 12.1. The van der Waals surface area contributed by atoms with Gasteiger partial charge in [-0.2, -0.15) is 0 Å². The molecule has 3 N–H and O–H groups in total. The predicted octanol–water partition coefficient (Wildman–Crippen LogP) is 3.65. The minimum absolute atomic E-state index is 0.0661. The molecule has 0 bridgehead atoms. The Balaban J connectivity index is 2.31. The van der Waals surface area contributed by atoms with Gasteiger partial charge in [0.05, 0.1) is 21.3 Å². The molecule has 2 aromatic carbocycles. The first-order valence-corrected chi connectivity index (χ1v) is 6.47. The summed E-state index contributed by atoms with van der Waals surface area (Å²) in [6.07, 6.45) is 0. The zero-order valence-electron chi connectivity index (χ0n) is 10.4. The summed E-state index contributed by atoms with van der Waals surface area (Å²) >= 11 is 11.6. The summed E-state index contributed by atoms with van der Waals surface area (Å²) < 4.78 is 0. The number of carboxylic acids is 1. The van der Waals surface area contributed by atoms with Gasteiger partial charge in [-0.3, -0.25) is 4.79 Å². The molecule has 0 fully saturated rings. The lowest BCUT2D eigenvalue weighted by atomic mass is 10.1. The highest BCUT2D eigenvalue weighted by Crippen LogP contribution is 2.25. The molecule has 0 aliphatic heterocycles. The highest BCUT2D eigenvalue weighted by molar-refractivity contribution is 6.42. The Morgan fingerprint density at radius 2 is 1.71 bits per heavy atom. The number of carboxylic acid groups (broad SMARTS) is 1. The topological polar surface area (TPSA) is 86.6 Å². The number of halogens is 2. The van der Waals surface area contributed by atoms with E-state index >= 15 is 0 Å². The molecule has 108 valence electrons. The van der Waals surface area contributed by atoms with Crippen molar-refractivity contribution in [2.24, 2.45) is 0 Å². The van der Waals surface area contributed by atoms with Crippen molar-refractivity contribution in [2.75, 3.05) is 5.32 Å². The average molecular weight is 326 g/mol. The fourth-order valence-corrected chi connectivity index (χ4v) is 1.95. The van der Waals surface area contributed by atoms with Crippen LogP contribution < -0.4 is 5.32 Å². The first-order valence-electron chi connectivity index (χ1n) is 5.71. The molecular formula is C14H9Cl2NO4. The second-order valence-corrected chi connectivity index (χ2v) is 4.93. The molecule has 5 nitrogen and oxygen atoms in total. The number of hydrogen-bond acceptors (Lipinski definition) is 3. The number of carbonyl (C=O) groups excluding carboxylic acids is 1. The van der Waals surface area contributed by atoms with E-state index < -0.39 is 11.9 Å². The molecule has 1 amide bonds. The number of phenols is 1. The van der Waals surface area contributed by atoms with E-state index in [0.717, 1.165) is 6.07 Å². The number of aromatic carboxylic acids is 1. The van der Waals surface area contributed by atoms with Crippen LogP contribution in [-0.2, 0) is 0 Å². The van der Waals surface area contributed by atoms with Crippen LogP contribution in [0.2, 0.25) is 10.0 Å². The SMILES string of the molecule is O=C(Nc1ccc(O)cc1C(=O)O)c1ccc(Cl)c(Cl)c1. The van der Waals surface area contributed by atoms with Gasteiger partial charge in [0, 0.05) is 5.56 Å². The molecule has 0 spiro atoms. The van der Waals surface area contributed by atoms with Crippen LogP contribution in [0.15, 0.2) is 36.4 Å². The molecule has 7 heteroatoms. The molecular weight excluding hydrogens is 317 g/mol. The Morgan fingerprint density at radius 1 is 1.00 bits per heavy atom. The van der Waals surface area contributed by atoms with E-state index in [1.807, 2.05) is 0 Å². The molecule has 0 saturated carbocycles. The fourth-order valence-electron chi connectivity index (χ4n) is 1.65. The van der Waals surface area contributed by atoms with Crippen molar-refractivity contribution in [3.8, 4) is 5.75 Å². The lowest BCUT2D eigenvalue weighted by molar-refractivity contribution is 0.0697. The minimum Gasteiger partial charge on any atom is -0.508 e. The van der Waals surface area contributed by atoms with Gasteiger partial charge in [-0.05, 0) is 36.4 Å². The zero-order chi connectivity index (χ0) is 15.6. The summed E-state index contributed by atoms with van der Waals surface area (Å²) in [5.74, 6) is -2.02. The summed E-state index contributed by atoms with van der Waals surface area (Å²) in [4.78, 5) is 23.2. The molecule has 2 aromatic rings. The quantitative estimate of drug-likeness (QED) is 0.752. The maximum atomic E-state index is 12.1. The van der Waals surface area contributed by atoms with Crippen LogP contribution in [0.3, 0.4) is 0 Å². The van der Waals surface area contributed by atoms with Gasteiger partial charge in [-0.15, -0.1) is 0 Å². The van der Waals surface area contributed by atoms with Crippen molar-refractivity contribution in [3.63, 3.8) is 0 Å². The standard InChI is InChI=1S/C14H9Cl2NO4/c15-10-3-1-7(5-11(10)16)13(19)17-12-4-2-8(18)6-9(12)14(20)21/h1-6,18H,(H,17,19)(H,20,21). The third kappa shape index (κ3) is 3.45. The smallest absolute Gasteiger partial charge is 0.337 e. The number of aromatic hydroxyl groups is 1. The van der Waals surface area contributed by atoms with Crippen molar-refractivity contribution < 1.29 is 19.8 Å². The average Bonchev–Trinajstić information content (AvgIpc) is 2.43. The number of nitrogens with one attached hydrogen (secondary N) is 1. The molecule has 0 aromatic heterocycles. The highest BCUT2D eigenvalue weighted by atomic mass is 35.5. The van der Waals surface area contributed by atoms with E-state index in [9.17, 15) is 14.7 Å². The molecule has 0 saturated heterocycles. The third-order valence-corrected chi connectivity index (χ3v) is 3.40. The maximum Gasteiger partial charge on any atom is 0.337 e. The second-order valence-electron chi connectivity index (χ2n) is 4.12. The fraction of sp³-hybridized carbons (Fsp3) is 0. The molecule has 0 heterocycles. The number of rotatable bonds is 3.